The normalized spacial score (nSPS) is 22.0. The van der Waals surface area contributed by atoms with Crippen molar-refractivity contribution in [1.82, 2.24) is 10.6 Å². The molecule has 158 valence electrons. The zero-order chi connectivity index (χ0) is 21.8. The van der Waals surface area contributed by atoms with Crippen LogP contribution in [0.5, 0.6) is 11.5 Å². The lowest BCUT2D eigenvalue weighted by Gasteiger charge is -2.22. The van der Waals surface area contributed by atoms with Gasteiger partial charge in [-0.25, -0.2) is 0 Å². The van der Waals surface area contributed by atoms with Crippen LogP contribution < -0.4 is 16.0 Å². The lowest BCUT2D eigenvalue weighted by Crippen LogP contribution is -2.43. The van der Waals surface area contributed by atoms with Gasteiger partial charge in [0.15, 0.2) is 0 Å². The Balaban J connectivity index is 0.000000172. The van der Waals surface area contributed by atoms with Gasteiger partial charge in [-0.3, -0.25) is 14.6 Å². The third kappa shape index (κ3) is 4.36. The van der Waals surface area contributed by atoms with Crippen molar-refractivity contribution in [1.29, 1.82) is 0 Å². The van der Waals surface area contributed by atoms with E-state index in [1.807, 2.05) is 13.8 Å². The van der Waals surface area contributed by atoms with E-state index >= 15 is 0 Å². The monoisotopic (exact) mass is 412 g/mol. The van der Waals surface area contributed by atoms with Crippen LogP contribution in [0.4, 0.5) is 11.4 Å². The number of methoxy groups -OCH3 is 1. The number of nitrogens with one attached hydrogen (secondary N) is 3. The Morgan fingerprint density at radius 3 is 2.23 bits per heavy atom. The number of aromatic hydroxyl groups is 2. The van der Waals surface area contributed by atoms with Crippen LogP contribution in [0, 0.1) is 0 Å². The van der Waals surface area contributed by atoms with Crippen molar-refractivity contribution in [2.75, 3.05) is 12.4 Å². The summed E-state index contributed by atoms with van der Waals surface area (Å²) in [6.07, 6.45) is 1.24. The molecule has 3 unspecified atom stereocenters. The standard InChI is InChI=1S/C11H14N2O3.C10H10N2O2/c1-6-11(16-2)13-9-7(10(15)12-6)4-3-5-8(9)14;1-6-5-11-9-7(10(14)12-6)3-2-4-8(9)13/h3-6,11,13-14H,1-2H3,(H,12,15);2-6,13H,1H3,(H,12,14). The summed E-state index contributed by atoms with van der Waals surface area (Å²) < 4.78 is 5.21. The fourth-order valence-electron chi connectivity index (χ4n) is 3.13. The first-order chi connectivity index (χ1) is 14.3. The largest absolute Gasteiger partial charge is 0.506 e. The molecule has 4 rings (SSSR count). The summed E-state index contributed by atoms with van der Waals surface area (Å²) in [5.41, 5.74) is 1.59. The highest BCUT2D eigenvalue weighted by Gasteiger charge is 2.27. The van der Waals surface area contributed by atoms with Gasteiger partial charge < -0.3 is 30.9 Å². The van der Waals surface area contributed by atoms with Crippen molar-refractivity contribution >= 4 is 29.4 Å². The van der Waals surface area contributed by atoms with E-state index in [4.69, 9.17) is 4.74 Å². The van der Waals surface area contributed by atoms with Gasteiger partial charge in [-0.1, -0.05) is 12.1 Å². The summed E-state index contributed by atoms with van der Waals surface area (Å²) in [7, 11) is 1.55. The van der Waals surface area contributed by atoms with Gasteiger partial charge >= 0.3 is 0 Å². The van der Waals surface area contributed by atoms with Gasteiger partial charge in [-0.05, 0) is 38.1 Å². The quantitative estimate of drug-likeness (QED) is 0.456. The lowest BCUT2D eigenvalue weighted by atomic mass is 10.1. The molecule has 2 aliphatic heterocycles. The Bertz CT molecular complexity index is 991. The molecular weight excluding hydrogens is 388 g/mol. The summed E-state index contributed by atoms with van der Waals surface area (Å²) >= 11 is 0. The fraction of sp³-hybridized carbons (Fsp3) is 0.286. The van der Waals surface area contributed by atoms with E-state index in [-0.39, 0.29) is 41.6 Å². The summed E-state index contributed by atoms with van der Waals surface area (Å²) in [5, 5.41) is 27.7. The first kappa shape index (κ1) is 21.1. The minimum absolute atomic E-state index is 0.0306. The maximum absolute atomic E-state index is 11.8. The minimum Gasteiger partial charge on any atom is -0.506 e. The molecule has 2 aromatic rings. The highest BCUT2D eigenvalue weighted by atomic mass is 16.5. The Morgan fingerprint density at radius 1 is 0.900 bits per heavy atom. The van der Waals surface area contributed by atoms with Crippen LogP contribution in [0.3, 0.4) is 0 Å². The third-order valence-corrected chi connectivity index (χ3v) is 4.69. The van der Waals surface area contributed by atoms with E-state index in [0.717, 1.165) is 0 Å². The minimum atomic E-state index is -0.363. The number of benzene rings is 2. The smallest absolute Gasteiger partial charge is 0.254 e. The molecule has 30 heavy (non-hydrogen) atoms. The molecule has 0 spiro atoms. The van der Waals surface area contributed by atoms with Gasteiger partial charge in [0.25, 0.3) is 11.8 Å². The van der Waals surface area contributed by atoms with E-state index in [0.29, 0.717) is 22.5 Å². The summed E-state index contributed by atoms with van der Waals surface area (Å²) in [6, 6.07) is 9.30. The molecule has 0 bridgehead atoms. The second-order valence-corrected chi connectivity index (χ2v) is 6.98. The zero-order valence-electron chi connectivity index (χ0n) is 16.8. The number of carbonyl (C=O) groups is 2. The maximum atomic E-state index is 11.8. The van der Waals surface area contributed by atoms with Crippen molar-refractivity contribution in [3.8, 4) is 11.5 Å². The predicted octanol–water partition coefficient (Wildman–Crippen LogP) is 2.13. The van der Waals surface area contributed by atoms with Crippen LogP contribution in [0.25, 0.3) is 0 Å². The molecule has 2 aliphatic rings. The van der Waals surface area contributed by atoms with Gasteiger partial charge in [0.1, 0.15) is 23.4 Å². The van der Waals surface area contributed by atoms with Gasteiger partial charge in [-0.15, -0.1) is 0 Å². The maximum Gasteiger partial charge on any atom is 0.254 e. The van der Waals surface area contributed by atoms with Crippen molar-refractivity contribution < 1.29 is 24.5 Å². The number of rotatable bonds is 1. The molecule has 0 aliphatic carbocycles. The number of hydrogen-bond donors (Lipinski definition) is 5. The molecule has 3 atom stereocenters. The van der Waals surface area contributed by atoms with Crippen LogP contribution in [0.15, 0.2) is 41.4 Å². The number of phenolic OH excluding ortho intramolecular Hbond substituents is 2. The van der Waals surface area contributed by atoms with Gasteiger partial charge in [0.2, 0.25) is 0 Å². The first-order valence-corrected chi connectivity index (χ1v) is 9.41. The third-order valence-electron chi connectivity index (χ3n) is 4.69. The van der Waals surface area contributed by atoms with Crippen molar-refractivity contribution in [2.45, 2.75) is 32.2 Å². The molecule has 0 saturated carbocycles. The fourth-order valence-corrected chi connectivity index (χ4v) is 3.13. The number of fused-ring (bicyclic) bond motifs is 2. The number of carbonyl (C=O) groups excluding carboxylic acids is 2. The van der Waals surface area contributed by atoms with E-state index in [1.54, 1.807) is 37.6 Å². The van der Waals surface area contributed by atoms with E-state index < -0.39 is 0 Å². The van der Waals surface area contributed by atoms with Crippen LogP contribution in [-0.4, -0.2) is 53.7 Å². The Morgan fingerprint density at radius 2 is 1.53 bits per heavy atom. The molecule has 0 saturated heterocycles. The van der Waals surface area contributed by atoms with E-state index in [9.17, 15) is 19.8 Å². The second kappa shape index (κ2) is 8.83. The molecule has 0 radical (unpaired) electrons. The van der Waals surface area contributed by atoms with Crippen LogP contribution >= 0.6 is 0 Å². The number of hydrogen-bond acceptors (Lipinski definition) is 7. The van der Waals surface area contributed by atoms with Crippen molar-refractivity contribution in [3.05, 3.63) is 47.5 Å². The number of amides is 2. The number of anilines is 1. The topological polar surface area (TPSA) is 132 Å². The molecular formula is C21H24N4O5. The summed E-state index contributed by atoms with van der Waals surface area (Å²) in [6.45, 7) is 3.66. The SMILES string of the molecule is CC1C=Nc2c(O)cccc2C(=O)N1.COC1Nc2c(O)cccc2C(=O)NC1C. The highest BCUT2D eigenvalue weighted by molar-refractivity contribution is 6.03. The lowest BCUT2D eigenvalue weighted by molar-refractivity contribution is 0.0793. The zero-order valence-corrected chi connectivity index (χ0v) is 16.8. The first-order valence-electron chi connectivity index (χ1n) is 9.41. The molecule has 9 nitrogen and oxygen atoms in total. The highest BCUT2D eigenvalue weighted by Crippen LogP contribution is 2.31. The van der Waals surface area contributed by atoms with Gasteiger partial charge in [0, 0.05) is 13.3 Å². The van der Waals surface area contributed by atoms with E-state index in [2.05, 4.69) is 20.9 Å². The van der Waals surface area contributed by atoms with Crippen LogP contribution in [-0.2, 0) is 4.74 Å². The molecule has 9 heteroatoms. The predicted molar refractivity (Wildman–Crippen MR) is 113 cm³/mol. The molecule has 5 N–H and O–H groups in total. The Hall–Kier alpha value is -3.59. The second-order valence-electron chi connectivity index (χ2n) is 6.98. The molecule has 2 amide bonds. The molecule has 0 fully saturated rings. The molecule has 0 aromatic heterocycles. The van der Waals surface area contributed by atoms with Crippen molar-refractivity contribution in [3.63, 3.8) is 0 Å². The van der Waals surface area contributed by atoms with Gasteiger partial charge in [0.05, 0.1) is 28.9 Å². The molecule has 2 aromatic carbocycles. The van der Waals surface area contributed by atoms with E-state index in [1.165, 1.54) is 12.1 Å². The van der Waals surface area contributed by atoms with Crippen LogP contribution in [0.2, 0.25) is 0 Å². The number of para-hydroxylation sites is 2. The van der Waals surface area contributed by atoms with Gasteiger partial charge in [-0.2, -0.15) is 0 Å². The molecule has 2 heterocycles. The average molecular weight is 412 g/mol. The Labute approximate surface area is 173 Å². The number of phenols is 2. The van der Waals surface area contributed by atoms with Crippen LogP contribution in [0.1, 0.15) is 34.6 Å². The average Bonchev–Trinajstić information content (AvgIpc) is 2.93. The van der Waals surface area contributed by atoms with Crippen molar-refractivity contribution in [2.24, 2.45) is 4.99 Å². The number of aliphatic imine (C=N–C) groups is 1. The Kier molecular flexibility index (Phi) is 6.22. The number of ether oxygens (including phenoxy) is 1. The summed E-state index contributed by atoms with van der Waals surface area (Å²) in [4.78, 5) is 27.4. The number of nitrogens with zero attached hydrogens (tertiary/aromatic N) is 1. The summed E-state index contributed by atoms with van der Waals surface area (Å²) in [5.74, 6) is -0.349.